The smallest absolute Gasteiger partial charge is 0.178 e. The van der Waals surface area contributed by atoms with Crippen molar-refractivity contribution in [1.29, 1.82) is 0 Å². The molecule has 3 unspecified atom stereocenters. The second-order valence-electron chi connectivity index (χ2n) is 9.06. The van der Waals surface area contributed by atoms with Crippen LogP contribution in [0.4, 0.5) is 5.82 Å². The van der Waals surface area contributed by atoms with Crippen molar-refractivity contribution in [2.45, 2.75) is 65.5 Å². The Morgan fingerprint density at radius 1 is 1.21 bits per heavy atom. The number of aromatic nitrogens is 6. The van der Waals surface area contributed by atoms with E-state index in [-0.39, 0.29) is 6.04 Å². The summed E-state index contributed by atoms with van der Waals surface area (Å²) < 4.78 is 3.89. The van der Waals surface area contributed by atoms with Crippen molar-refractivity contribution >= 4 is 23.1 Å². The molecule has 0 radical (unpaired) electrons. The summed E-state index contributed by atoms with van der Waals surface area (Å²) in [6.07, 6.45) is 3.34. The maximum absolute atomic E-state index is 6.80. The van der Waals surface area contributed by atoms with Gasteiger partial charge in [0.05, 0.1) is 11.7 Å². The van der Waals surface area contributed by atoms with E-state index in [2.05, 4.69) is 48.9 Å². The first-order chi connectivity index (χ1) is 13.9. The van der Waals surface area contributed by atoms with Crippen molar-refractivity contribution in [3.05, 3.63) is 34.4 Å². The second-order valence-corrected chi connectivity index (χ2v) is 9.41. The molecule has 0 aromatic carbocycles. The highest BCUT2D eigenvalue weighted by molar-refractivity contribution is 6.30. The fourth-order valence-corrected chi connectivity index (χ4v) is 4.99. The van der Waals surface area contributed by atoms with Gasteiger partial charge in [0.25, 0.3) is 0 Å². The summed E-state index contributed by atoms with van der Waals surface area (Å²) in [6.45, 7) is 10.5. The van der Waals surface area contributed by atoms with Crippen LogP contribution in [0.25, 0.3) is 5.65 Å². The van der Waals surface area contributed by atoms with Crippen molar-refractivity contribution in [1.82, 2.24) is 29.6 Å². The summed E-state index contributed by atoms with van der Waals surface area (Å²) >= 11 is 6.80. The van der Waals surface area contributed by atoms with Gasteiger partial charge in [0.2, 0.25) is 0 Å². The molecule has 3 aromatic rings. The van der Waals surface area contributed by atoms with Crippen LogP contribution in [-0.4, -0.2) is 36.1 Å². The Morgan fingerprint density at radius 2 is 2.00 bits per heavy atom. The predicted octanol–water partition coefficient (Wildman–Crippen LogP) is 4.40. The molecular weight excluding hydrogens is 386 g/mol. The van der Waals surface area contributed by atoms with Gasteiger partial charge in [0.15, 0.2) is 11.5 Å². The van der Waals surface area contributed by atoms with Gasteiger partial charge >= 0.3 is 0 Å². The molecule has 1 aliphatic carbocycles. The van der Waals surface area contributed by atoms with E-state index in [1.165, 1.54) is 6.42 Å². The van der Waals surface area contributed by atoms with Crippen LogP contribution in [0.2, 0.25) is 5.15 Å². The Bertz CT molecular complexity index is 1050. The van der Waals surface area contributed by atoms with Crippen LogP contribution in [0, 0.1) is 18.8 Å². The van der Waals surface area contributed by atoms with Crippen molar-refractivity contribution in [3.8, 4) is 0 Å². The van der Waals surface area contributed by atoms with Gasteiger partial charge in [-0.2, -0.15) is 9.61 Å². The Labute approximate surface area is 176 Å². The summed E-state index contributed by atoms with van der Waals surface area (Å²) in [4.78, 5) is 2.37. The Balaban J connectivity index is 1.51. The molecule has 7 nitrogen and oxygen atoms in total. The fourth-order valence-electron chi connectivity index (χ4n) is 4.62. The molecule has 1 saturated heterocycles. The van der Waals surface area contributed by atoms with E-state index in [1.54, 1.807) is 0 Å². The van der Waals surface area contributed by atoms with Crippen LogP contribution >= 0.6 is 11.6 Å². The highest BCUT2D eigenvalue weighted by Gasteiger charge is 2.39. The maximum Gasteiger partial charge on any atom is 0.178 e. The lowest BCUT2D eigenvalue weighted by atomic mass is 10.1. The molecule has 0 amide bonds. The van der Waals surface area contributed by atoms with Crippen LogP contribution < -0.4 is 4.90 Å². The van der Waals surface area contributed by atoms with Crippen LogP contribution in [0.5, 0.6) is 0 Å². The largest absolute Gasteiger partial charge is 0.348 e. The van der Waals surface area contributed by atoms with E-state index in [0.717, 1.165) is 59.6 Å². The zero-order valence-electron chi connectivity index (χ0n) is 17.5. The van der Waals surface area contributed by atoms with E-state index in [1.807, 2.05) is 15.3 Å². The van der Waals surface area contributed by atoms with Gasteiger partial charge in [0, 0.05) is 24.6 Å². The molecule has 4 heterocycles. The van der Waals surface area contributed by atoms with Crippen molar-refractivity contribution in [3.63, 3.8) is 0 Å². The van der Waals surface area contributed by atoms with E-state index in [4.69, 9.17) is 21.8 Å². The van der Waals surface area contributed by atoms with E-state index in [9.17, 15) is 0 Å². The topological polar surface area (TPSA) is 64.1 Å². The summed E-state index contributed by atoms with van der Waals surface area (Å²) in [5.74, 6) is 3.60. The average molecular weight is 414 g/mol. The average Bonchev–Trinajstić information content (AvgIpc) is 3.03. The molecule has 29 heavy (non-hydrogen) atoms. The molecular formula is C21H28ClN7. The first-order valence-corrected chi connectivity index (χ1v) is 11.0. The lowest BCUT2D eigenvalue weighted by molar-refractivity contribution is 0.481. The summed E-state index contributed by atoms with van der Waals surface area (Å²) in [5, 5.41) is 19.2. The number of nitrogens with zero attached hydrogens (tertiary/aromatic N) is 7. The van der Waals surface area contributed by atoms with Gasteiger partial charge in [-0.05, 0) is 50.2 Å². The number of hydrogen-bond donors (Lipinski definition) is 0. The fraction of sp³-hybridized carbons (Fsp3) is 0.619. The molecule has 154 valence electrons. The molecule has 2 fully saturated rings. The highest BCUT2D eigenvalue weighted by atomic mass is 35.5. The number of fused-ring (bicyclic) bond motifs is 1. The normalized spacial score (nSPS) is 24.2. The van der Waals surface area contributed by atoms with Gasteiger partial charge in [-0.3, -0.25) is 4.68 Å². The minimum absolute atomic E-state index is 0.202. The zero-order chi connectivity index (χ0) is 20.3. The third kappa shape index (κ3) is 3.19. The van der Waals surface area contributed by atoms with Crippen molar-refractivity contribution < 1.29 is 0 Å². The molecule has 1 saturated carbocycles. The van der Waals surface area contributed by atoms with Crippen LogP contribution in [0.15, 0.2) is 12.1 Å². The third-order valence-electron chi connectivity index (χ3n) is 6.24. The van der Waals surface area contributed by atoms with Gasteiger partial charge in [-0.25, -0.2) is 0 Å². The molecule has 1 aliphatic heterocycles. The van der Waals surface area contributed by atoms with Crippen LogP contribution in [0.3, 0.4) is 0 Å². The molecule has 0 bridgehead atoms. The molecule has 3 aromatic heterocycles. The molecule has 2 aliphatic rings. The Hall–Kier alpha value is -2.15. The zero-order valence-corrected chi connectivity index (χ0v) is 18.3. The molecule has 0 spiro atoms. The van der Waals surface area contributed by atoms with Crippen molar-refractivity contribution in [2.24, 2.45) is 11.8 Å². The Morgan fingerprint density at radius 3 is 2.72 bits per heavy atom. The van der Waals surface area contributed by atoms with Gasteiger partial charge in [-0.1, -0.05) is 32.4 Å². The second kappa shape index (κ2) is 6.97. The van der Waals surface area contributed by atoms with Gasteiger partial charge < -0.3 is 4.90 Å². The molecule has 8 heteroatoms. The number of halogens is 1. The van der Waals surface area contributed by atoms with Gasteiger partial charge in [0.1, 0.15) is 11.0 Å². The summed E-state index contributed by atoms with van der Waals surface area (Å²) in [7, 11) is 0. The quantitative estimate of drug-likeness (QED) is 0.620. The lowest BCUT2D eigenvalue weighted by Crippen LogP contribution is -2.25. The van der Waals surface area contributed by atoms with E-state index < -0.39 is 0 Å². The number of hydrogen-bond acceptors (Lipinski definition) is 5. The first kappa shape index (κ1) is 18.9. The molecule has 5 rings (SSSR count). The molecule has 0 N–H and O–H groups in total. The van der Waals surface area contributed by atoms with Crippen LogP contribution in [-0.2, 0) is 6.54 Å². The minimum Gasteiger partial charge on any atom is -0.348 e. The van der Waals surface area contributed by atoms with Crippen molar-refractivity contribution in [2.75, 3.05) is 11.4 Å². The highest BCUT2D eigenvalue weighted by Crippen LogP contribution is 2.46. The summed E-state index contributed by atoms with van der Waals surface area (Å²) in [5.41, 5.74) is 2.98. The molecule has 3 atom stereocenters. The van der Waals surface area contributed by atoms with E-state index in [0.29, 0.717) is 17.8 Å². The monoisotopic (exact) mass is 413 g/mol. The standard InChI is InChI=1S/C21H28ClN7/c1-12(2)11-28-20(22)19(14(4)25-28)16-6-5-9-27(16)18-8-7-17-23-24-21(29(17)26-18)15-10-13(15)3/h7-8,12-13,15-16H,5-6,9-11H2,1-4H3. The lowest BCUT2D eigenvalue weighted by Gasteiger charge is -2.26. The number of aryl methyl sites for hydroxylation is 1. The number of rotatable bonds is 5. The predicted molar refractivity (Wildman–Crippen MR) is 113 cm³/mol. The Kier molecular flexibility index (Phi) is 4.53. The van der Waals surface area contributed by atoms with Gasteiger partial charge in [-0.15, -0.1) is 15.3 Å². The SMILES string of the molecule is Cc1nn(CC(C)C)c(Cl)c1C1CCCN1c1ccc2nnc(C3CC3C)n2n1. The van der Waals surface area contributed by atoms with Crippen LogP contribution in [0.1, 0.15) is 69.1 Å². The maximum atomic E-state index is 6.80. The minimum atomic E-state index is 0.202. The van der Waals surface area contributed by atoms with E-state index >= 15 is 0 Å². The summed E-state index contributed by atoms with van der Waals surface area (Å²) in [6, 6.07) is 4.29. The third-order valence-corrected chi connectivity index (χ3v) is 6.64. The first-order valence-electron chi connectivity index (χ1n) is 10.7. The number of anilines is 1.